The molecule has 1 fully saturated rings. The maximum Gasteiger partial charge on any atom is 0.224 e. The molecule has 2 atom stereocenters. The van der Waals surface area contributed by atoms with Crippen LogP contribution in [-0.2, 0) is 18.4 Å². The standard InChI is InChI=1S/C20H19FN4O2/c1-25-12-14(11-24-25)17-9-18(17)19(26)23-10-13-4-3-7-22-20(13)27-16-6-2-5-15(21)8-16/h2-8,11-12,17-18H,9-10H2,1H3,(H,23,26). The third-order valence-electron chi connectivity index (χ3n) is 4.59. The molecule has 1 aliphatic rings. The van der Waals surface area contributed by atoms with E-state index < -0.39 is 0 Å². The fraction of sp³-hybridized carbons (Fsp3) is 0.250. The number of amides is 1. The van der Waals surface area contributed by atoms with E-state index in [0.717, 1.165) is 17.5 Å². The summed E-state index contributed by atoms with van der Waals surface area (Å²) in [6, 6.07) is 9.47. The van der Waals surface area contributed by atoms with Gasteiger partial charge in [-0.1, -0.05) is 12.1 Å². The minimum absolute atomic E-state index is 0.00408. The predicted molar refractivity (Wildman–Crippen MR) is 96.6 cm³/mol. The molecule has 4 rings (SSSR count). The van der Waals surface area contributed by atoms with Gasteiger partial charge in [0.2, 0.25) is 11.8 Å². The average Bonchev–Trinajstić information content (AvgIpc) is 3.35. The van der Waals surface area contributed by atoms with Gasteiger partial charge in [-0.25, -0.2) is 9.37 Å². The fourth-order valence-corrected chi connectivity index (χ4v) is 3.09. The van der Waals surface area contributed by atoms with Gasteiger partial charge >= 0.3 is 0 Å². The van der Waals surface area contributed by atoms with Crippen LogP contribution in [0, 0.1) is 11.7 Å². The molecule has 2 heterocycles. The number of hydrogen-bond donors (Lipinski definition) is 1. The van der Waals surface area contributed by atoms with E-state index in [0.29, 0.717) is 18.2 Å². The van der Waals surface area contributed by atoms with Crippen molar-refractivity contribution in [1.29, 1.82) is 0 Å². The van der Waals surface area contributed by atoms with Crippen molar-refractivity contribution >= 4 is 5.91 Å². The molecule has 0 aliphatic heterocycles. The molecule has 2 aromatic heterocycles. The Morgan fingerprint density at radius 1 is 1.37 bits per heavy atom. The van der Waals surface area contributed by atoms with E-state index >= 15 is 0 Å². The summed E-state index contributed by atoms with van der Waals surface area (Å²) in [7, 11) is 1.86. The summed E-state index contributed by atoms with van der Waals surface area (Å²) in [5, 5.41) is 7.10. The predicted octanol–water partition coefficient (Wildman–Crippen LogP) is 3.17. The number of rotatable bonds is 6. The quantitative estimate of drug-likeness (QED) is 0.728. The first kappa shape index (κ1) is 17.2. The lowest BCUT2D eigenvalue weighted by Crippen LogP contribution is -2.25. The molecular weight excluding hydrogens is 347 g/mol. The summed E-state index contributed by atoms with van der Waals surface area (Å²) in [4.78, 5) is 16.6. The zero-order valence-electron chi connectivity index (χ0n) is 14.8. The van der Waals surface area contributed by atoms with Gasteiger partial charge in [-0.15, -0.1) is 0 Å². The molecule has 1 saturated carbocycles. The second-order valence-corrected chi connectivity index (χ2v) is 6.64. The number of ether oxygens (including phenoxy) is 1. The average molecular weight is 366 g/mol. The van der Waals surface area contributed by atoms with E-state index in [-0.39, 0.29) is 23.6 Å². The molecule has 3 aromatic rings. The van der Waals surface area contributed by atoms with E-state index in [1.165, 1.54) is 12.1 Å². The van der Waals surface area contributed by atoms with Crippen LogP contribution < -0.4 is 10.1 Å². The molecule has 1 amide bonds. The molecule has 2 unspecified atom stereocenters. The van der Waals surface area contributed by atoms with Crippen LogP contribution in [0.25, 0.3) is 0 Å². The summed E-state index contributed by atoms with van der Waals surface area (Å²) in [6.45, 7) is 0.299. The summed E-state index contributed by atoms with van der Waals surface area (Å²) in [6.07, 6.45) is 6.19. The Bertz CT molecular complexity index is 972. The first-order valence-electron chi connectivity index (χ1n) is 8.74. The SMILES string of the molecule is Cn1cc(C2CC2C(=O)NCc2cccnc2Oc2cccc(F)c2)cn1. The molecule has 0 bridgehead atoms. The molecule has 6 nitrogen and oxygen atoms in total. The molecule has 0 radical (unpaired) electrons. The zero-order chi connectivity index (χ0) is 18.8. The molecule has 7 heteroatoms. The number of carbonyl (C=O) groups excluding carboxylic acids is 1. The lowest BCUT2D eigenvalue weighted by molar-refractivity contribution is -0.122. The van der Waals surface area contributed by atoms with Gasteiger partial charge in [0.25, 0.3) is 0 Å². The van der Waals surface area contributed by atoms with Gasteiger partial charge < -0.3 is 10.1 Å². The van der Waals surface area contributed by atoms with Crippen molar-refractivity contribution in [2.75, 3.05) is 0 Å². The van der Waals surface area contributed by atoms with Crippen molar-refractivity contribution in [2.45, 2.75) is 18.9 Å². The molecule has 1 N–H and O–H groups in total. The molecule has 0 spiro atoms. The number of hydrogen-bond acceptors (Lipinski definition) is 4. The van der Waals surface area contributed by atoms with Gasteiger partial charge in [0.05, 0.1) is 6.20 Å². The Labute approximate surface area is 156 Å². The van der Waals surface area contributed by atoms with Crippen LogP contribution in [-0.4, -0.2) is 20.7 Å². The van der Waals surface area contributed by atoms with E-state index in [4.69, 9.17) is 4.74 Å². The van der Waals surface area contributed by atoms with Gasteiger partial charge in [-0.3, -0.25) is 9.48 Å². The maximum atomic E-state index is 13.3. The fourth-order valence-electron chi connectivity index (χ4n) is 3.09. The molecule has 27 heavy (non-hydrogen) atoms. The van der Waals surface area contributed by atoms with Gasteiger partial charge in [0.1, 0.15) is 11.6 Å². The van der Waals surface area contributed by atoms with Crippen LogP contribution in [0.3, 0.4) is 0 Å². The van der Waals surface area contributed by atoms with Crippen LogP contribution in [0.2, 0.25) is 0 Å². The number of benzene rings is 1. The largest absolute Gasteiger partial charge is 0.439 e. The summed E-state index contributed by atoms with van der Waals surface area (Å²) in [5.74, 6) is 0.537. The highest BCUT2D eigenvalue weighted by Gasteiger charge is 2.44. The van der Waals surface area contributed by atoms with Crippen molar-refractivity contribution in [3.05, 3.63) is 71.9 Å². The minimum atomic E-state index is -0.381. The summed E-state index contributed by atoms with van der Waals surface area (Å²) >= 11 is 0. The zero-order valence-corrected chi connectivity index (χ0v) is 14.8. The lowest BCUT2D eigenvalue weighted by atomic mass is 10.2. The van der Waals surface area contributed by atoms with E-state index in [1.807, 2.05) is 25.5 Å². The van der Waals surface area contributed by atoms with Gasteiger partial charge in [0.15, 0.2) is 0 Å². The van der Waals surface area contributed by atoms with Crippen molar-refractivity contribution in [1.82, 2.24) is 20.1 Å². The minimum Gasteiger partial charge on any atom is -0.439 e. The molecule has 0 saturated heterocycles. The highest BCUT2D eigenvalue weighted by atomic mass is 19.1. The lowest BCUT2D eigenvalue weighted by Gasteiger charge is -2.11. The highest BCUT2D eigenvalue weighted by molar-refractivity contribution is 5.82. The van der Waals surface area contributed by atoms with Crippen LogP contribution in [0.4, 0.5) is 4.39 Å². The molecule has 1 aliphatic carbocycles. The monoisotopic (exact) mass is 366 g/mol. The number of nitrogens with one attached hydrogen (secondary N) is 1. The highest BCUT2D eigenvalue weighted by Crippen LogP contribution is 2.47. The number of halogens is 1. The number of aromatic nitrogens is 3. The van der Waals surface area contributed by atoms with Crippen LogP contribution in [0.5, 0.6) is 11.6 Å². The Kier molecular flexibility index (Phi) is 4.58. The third kappa shape index (κ3) is 3.97. The van der Waals surface area contributed by atoms with E-state index in [2.05, 4.69) is 15.4 Å². The van der Waals surface area contributed by atoms with Crippen molar-refractivity contribution in [2.24, 2.45) is 13.0 Å². The first-order valence-corrected chi connectivity index (χ1v) is 8.74. The Balaban J connectivity index is 1.38. The molecular formula is C20H19FN4O2. The smallest absolute Gasteiger partial charge is 0.224 e. The number of carbonyl (C=O) groups is 1. The number of aryl methyl sites for hydroxylation is 1. The Morgan fingerprint density at radius 2 is 2.26 bits per heavy atom. The van der Waals surface area contributed by atoms with Crippen molar-refractivity contribution in [3.8, 4) is 11.6 Å². The number of pyridine rings is 1. The normalized spacial score (nSPS) is 18.1. The van der Waals surface area contributed by atoms with Crippen LogP contribution >= 0.6 is 0 Å². The summed E-state index contributed by atoms with van der Waals surface area (Å²) < 4.78 is 20.8. The third-order valence-corrected chi connectivity index (χ3v) is 4.59. The number of nitrogens with zero attached hydrogens (tertiary/aromatic N) is 3. The Hall–Kier alpha value is -3.22. The van der Waals surface area contributed by atoms with Gasteiger partial charge in [-0.05, 0) is 36.1 Å². The van der Waals surface area contributed by atoms with Crippen molar-refractivity contribution in [3.63, 3.8) is 0 Å². The first-order chi connectivity index (χ1) is 13.1. The maximum absolute atomic E-state index is 13.3. The van der Waals surface area contributed by atoms with Gasteiger partial charge in [-0.2, -0.15) is 5.10 Å². The van der Waals surface area contributed by atoms with Crippen molar-refractivity contribution < 1.29 is 13.9 Å². The second-order valence-electron chi connectivity index (χ2n) is 6.64. The van der Waals surface area contributed by atoms with E-state index in [9.17, 15) is 9.18 Å². The van der Waals surface area contributed by atoms with Gasteiger partial charge in [0, 0.05) is 43.5 Å². The van der Waals surface area contributed by atoms with E-state index in [1.54, 1.807) is 29.1 Å². The second kappa shape index (κ2) is 7.19. The van der Waals surface area contributed by atoms with Crippen LogP contribution in [0.15, 0.2) is 55.0 Å². The topological polar surface area (TPSA) is 69.0 Å². The summed E-state index contributed by atoms with van der Waals surface area (Å²) in [5.41, 5.74) is 1.82. The Morgan fingerprint density at radius 3 is 3.04 bits per heavy atom. The molecule has 1 aromatic carbocycles. The van der Waals surface area contributed by atoms with Crippen LogP contribution in [0.1, 0.15) is 23.5 Å². The molecule has 138 valence electrons.